The van der Waals surface area contributed by atoms with Crippen LogP contribution in [0.25, 0.3) is 5.57 Å². The zero-order valence-electron chi connectivity index (χ0n) is 10.1. The fourth-order valence-electron chi connectivity index (χ4n) is 1.76. The van der Waals surface area contributed by atoms with Gasteiger partial charge in [0.1, 0.15) is 5.75 Å². The molecule has 3 nitrogen and oxygen atoms in total. The molecule has 0 heterocycles. The Balaban J connectivity index is 2.46. The Bertz CT molecular complexity index is 574. The molecule has 0 aromatic heterocycles. The summed E-state index contributed by atoms with van der Waals surface area (Å²) >= 11 is 0. The molecule has 0 amide bonds. The van der Waals surface area contributed by atoms with Gasteiger partial charge in [0.15, 0.2) is 11.5 Å². The zero-order valence-corrected chi connectivity index (χ0v) is 10.1. The Kier molecular flexibility index (Phi) is 3.24. The molecule has 0 saturated heterocycles. The smallest absolute Gasteiger partial charge is 0.164 e. The van der Waals surface area contributed by atoms with Crippen molar-refractivity contribution in [2.45, 2.75) is 0 Å². The van der Waals surface area contributed by atoms with Gasteiger partial charge in [-0.3, -0.25) is 0 Å². The van der Waals surface area contributed by atoms with Gasteiger partial charge in [-0.05, 0) is 17.2 Å². The highest BCUT2D eigenvalue weighted by atomic mass is 16.5. The molecule has 2 aromatic rings. The SMILES string of the molecule is C=C(c1ccccc1)c1cc(O)c(OC)cc1O. The molecule has 0 saturated carbocycles. The van der Waals surface area contributed by atoms with E-state index in [1.54, 1.807) is 0 Å². The van der Waals surface area contributed by atoms with E-state index >= 15 is 0 Å². The Hall–Kier alpha value is -2.42. The van der Waals surface area contributed by atoms with E-state index in [0.29, 0.717) is 11.1 Å². The lowest BCUT2D eigenvalue weighted by Gasteiger charge is -2.11. The van der Waals surface area contributed by atoms with Crippen LogP contribution < -0.4 is 4.74 Å². The second-order valence-electron chi connectivity index (χ2n) is 3.89. The molecule has 2 N–H and O–H groups in total. The highest BCUT2D eigenvalue weighted by Crippen LogP contribution is 2.37. The Labute approximate surface area is 106 Å². The second-order valence-corrected chi connectivity index (χ2v) is 3.89. The number of phenolic OH excluding ortho intramolecular Hbond substituents is 2. The third-order valence-electron chi connectivity index (χ3n) is 2.74. The maximum Gasteiger partial charge on any atom is 0.164 e. The monoisotopic (exact) mass is 242 g/mol. The summed E-state index contributed by atoms with van der Waals surface area (Å²) in [6, 6.07) is 12.3. The molecule has 92 valence electrons. The Morgan fingerprint density at radius 2 is 1.72 bits per heavy atom. The fraction of sp³-hybridized carbons (Fsp3) is 0.0667. The molecule has 0 unspecified atom stereocenters. The minimum Gasteiger partial charge on any atom is -0.507 e. The van der Waals surface area contributed by atoms with Crippen molar-refractivity contribution < 1.29 is 14.9 Å². The second kappa shape index (κ2) is 4.84. The summed E-state index contributed by atoms with van der Waals surface area (Å²) in [4.78, 5) is 0. The van der Waals surface area contributed by atoms with Crippen LogP contribution in [0, 0.1) is 0 Å². The molecular formula is C15H14O3. The van der Waals surface area contributed by atoms with Crippen LogP contribution in [-0.2, 0) is 0 Å². The van der Waals surface area contributed by atoms with E-state index in [2.05, 4.69) is 6.58 Å². The molecule has 0 radical (unpaired) electrons. The lowest BCUT2D eigenvalue weighted by molar-refractivity contribution is 0.368. The molecule has 0 spiro atoms. The van der Waals surface area contributed by atoms with Crippen molar-refractivity contribution in [3.8, 4) is 17.2 Å². The zero-order chi connectivity index (χ0) is 13.1. The Morgan fingerprint density at radius 3 is 2.33 bits per heavy atom. The number of phenols is 2. The molecular weight excluding hydrogens is 228 g/mol. The van der Waals surface area contributed by atoms with Gasteiger partial charge in [0.05, 0.1) is 7.11 Å². The molecule has 3 heteroatoms. The van der Waals surface area contributed by atoms with E-state index in [1.807, 2.05) is 30.3 Å². The van der Waals surface area contributed by atoms with Crippen molar-refractivity contribution in [2.75, 3.05) is 7.11 Å². The quantitative estimate of drug-likeness (QED) is 0.813. The highest BCUT2D eigenvalue weighted by molar-refractivity contribution is 5.82. The van der Waals surface area contributed by atoms with Crippen LogP contribution in [0.2, 0.25) is 0 Å². The van der Waals surface area contributed by atoms with Crippen molar-refractivity contribution in [1.82, 2.24) is 0 Å². The lowest BCUT2D eigenvalue weighted by Crippen LogP contribution is -1.90. The first-order chi connectivity index (χ1) is 8.63. The summed E-state index contributed by atoms with van der Waals surface area (Å²) in [5.74, 6) is 0.234. The van der Waals surface area contributed by atoms with E-state index in [-0.39, 0.29) is 17.2 Å². The van der Waals surface area contributed by atoms with E-state index in [1.165, 1.54) is 19.2 Å². The summed E-state index contributed by atoms with van der Waals surface area (Å²) in [5, 5.41) is 19.7. The number of hydrogen-bond acceptors (Lipinski definition) is 3. The van der Waals surface area contributed by atoms with Crippen LogP contribution in [0.15, 0.2) is 49.0 Å². The summed E-state index contributed by atoms with van der Waals surface area (Å²) in [6.45, 7) is 3.94. The summed E-state index contributed by atoms with van der Waals surface area (Å²) in [6.07, 6.45) is 0. The number of methoxy groups -OCH3 is 1. The van der Waals surface area contributed by atoms with Crippen molar-refractivity contribution >= 4 is 5.57 Å². The van der Waals surface area contributed by atoms with Crippen LogP contribution in [-0.4, -0.2) is 17.3 Å². The van der Waals surface area contributed by atoms with Crippen molar-refractivity contribution in [3.63, 3.8) is 0 Å². The van der Waals surface area contributed by atoms with Crippen molar-refractivity contribution in [1.29, 1.82) is 0 Å². The van der Waals surface area contributed by atoms with Gasteiger partial charge >= 0.3 is 0 Å². The minimum absolute atomic E-state index is 0.0256. The molecule has 0 atom stereocenters. The first kappa shape index (κ1) is 12.0. The lowest BCUT2D eigenvalue weighted by atomic mass is 9.98. The predicted octanol–water partition coefficient (Wildman–Crippen LogP) is 3.17. The highest BCUT2D eigenvalue weighted by Gasteiger charge is 2.12. The van der Waals surface area contributed by atoms with Crippen LogP contribution >= 0.6 is 0 Å². The van der Waals surface area contributed by atoms with E-state index in [0.717, 1.165) is 5.56 Å². The fourth-order valence-corrected chi connectivity index (χ4v) is 1.76. The molecule has 18 heavy (non-hydrogen) atoms. The number of rotatable bonds is 3. The van der Waals surface area contributed by atoms with Crippen LogP contribution in [0.5, 0.6) is 17.2 Å². The molecule has 0 bridgehead atoms. The molecule has 2 rings (SSSR count). The number of benzene rings is 2. The summed E-state index contributed by atoms with van der Waals surface area (Å²) in [5.41, 5.74) is 2.02. The van der Waals surface area contributed by atoms with E-state index in [9.17, 15) is 10.2 Å². The van der Waals surface area contributed by atoms with Gasteiger partial charge in [0, 0.05) is 11.6 Å². The third kappa shape index (κ3) is 2.15. The van der Waals surface area contributed by atoms with E-state index < -0.39 is 0 Å². The van der Waals surface area contributed by atoms with Gasteiger partial charge in [-0.2, -0.15) is 0 Å². The minimum atomic E-state index is -0.0256. The van der Waals surface area contributed by atoms with E-state index in [4.69, 9.17) is 4.74 Å². The third-order valence-corrected chi connectivity index (χ3v) is 2.74. The van der Waals surface area contributed by atoms with Crippen LogP contribution in [0.3, 0.4) is 0 Å². The summed E-state index contributed by atoms with van der Waals surface area (Å²) in [7, 11) is 1.43. The standard InChI is InChI=1S/C15H14O3/c1-10(11-6-4-3-5-7-11)12-8-14(17)15(18-2)9-13(12)16/h3-9,16-17H,1H2,2H3. The van der Waals surface area contributed by atoms with Gasteiger partial charge < -0.3 is 14.9 Å². The number of aromatic hydroxyl groups is 2. The summed E-state index contributed by atoms with van der Waals surface area (Å²) < 4.78 is 4.93. The first-order valence-corrected chi connectivity index (χ1v) is 5.48. The first-order valence-electron chi connectivity index (χ1n) is 5.48. The normalized spacial score (nSPS) is 10.1. The van der Waals surface area contributed by atoms with Gasteiger partial charge in [-0.25, -0.2) is 0 Å². The Morgan fingerprint density at radius 1 is 1.06 bits per heavy atom. The number of hydrogen-bond donors (Lipinski definition) is 2. The average molecular weight is 242 g/mol. The topological polar surface area (TPSA) is 49.7 Å². The molecule has 0 aliphatic rings. The number of ether oxygens (including phenoxy) is 1. The molecule has 0 aliphatic carbocycles. The van der Waals surface area contributed by atoms with Crippen LogP contribution in [0.4, 0.5) is 0 Å². The average Bonchev–Trinajstić information content (AvgIpc) is 2.41. The van der Waals surface area contributed by atoms with Gasteiger partial charge in [-0.15, -0.1) is 0 Å². The maximum absolute atomic E-state index is 9.93. The predicted molar refractivity (Wildman–Crippen MR) is 70.9 cm³/mol. The van der Waals surface area contributed by atoms with Crippen molar-refractivity contribution in [2.24, 2.45) is 0 Å². The largest absolute Gasteiger partial charge is 0.507 e. The molecule has 0 fully saturated rings. The van der Waals surface area contributed by atoms with Gasteiger partial charge in [0.2, 0.25) is 0 Å². The maximum atomic E-state index is 9.93. The van der Waals surface area contributed by atoms with Gasteiger partial charge in [0.25, 0.3) is 0 Å². The molecule has 2 aromatic carbocycles. The molecule has 0 aliphatic heterocycles. The van der Waals surface area contributed by atoms with Crippen molar-refractivity contribution in [3.05, 3.63) is 60.2 Å². The van der Waals surface area contributed by atoms with Gasteiger partial charge in [-0.1, -0.05) is 36.9 Å². The van der Waals surface area contributed by atoms with Crippen LogP contribution in [0.1, 0.15) is 11.1 Å².